The van der Waals surface area contributed by atoms with E-state index in [4.69, 9.17) is 32.7 Å². The van der Waals surface area contributed by atoms with Crippen molar-refractivity contribution in [2.75, 3.05) is 13.7 Å². The molecule has 1 aliphatic carbocycles. The molecule has 0 bridgehead atoms. The first kappa shape index (κ1) is 29.9. The van der Waals surface area contributed by atoms with E-state index in [0.717, 1.165) is 10.7 Å². The molecule has 1 saturated heterocycles. The maximum absolute atomic E-state index is 7.50. The third-order valence-electron chi connectivity index (χ3n) is 2.99. The average Bonchev–Trinajstić information content (AvgIpc) is 2.69. The topological polar surface area (TPSA) is 118 Å². The molecule has 0 radical (unpaired) electrons. The minimum atomic E-state index is 0.362. The van der Waals surface area contributed by atoms with Gasteiger partial charge in [0, 0.05) is 0 Å². The summed E-state index contributed by atoms with van der Waals surface area (Å²) in [6, 6.07) is 0. The number of hydrogen-bond acceptors (Lipinski definition) is 2. The zero-order valence-electron chi connectivity index (χ0n) is 12.5. The van der Waals surface area contributed by atoms with Gasteiger partial charge in [-0.25, -0.2) is 0 Å². The summed E-state index contributed by atoms with van der Waals surface area (Å²) in [6.07, 6.45) is 2.87. The molecule has 0 N–H and O–H groups in total. The minimum absolute atomic E-state index is 0.362. The summed E-state index contributed by atoms with van der Waals surface area (Å²) < 4.78 is 49.6. The van der Waals surface area contributed by atoms with Gasteiger partial charge in [-0.1, -0.05) is 0 Å². The maximum atomic E-state index is 7.50. The SMILES string of the molecule is CO[C](=[W])C1=C(C)C2CCCOC12.[C-]#[O+].[C-]#[O+].[C-]#[O+].[C-]#[O+].[C-]#[O+]. The molecule has 2 rings (SSSR count). The third-order valence-corrected chi connectivity index (χ3v) is 4.38. The van der Waals surface area contributed by atoms with Gasteiger partial charge in [-0.3, -0.25) is 0 Å². The van der Waals surface area contributed by atoms with Gasteiger partial charge in [0.05, 0.1) is 0 Å². The van der Waals surface area contributed by atoms with Crippen LogP contribution in [-0.4, -0.2) is 23.9 Å². The first-order valence-corrected chi connectivity index (χ1v) is 7.15. The van der Waals surface area contributed by atoms with Gasteiger partial charge in [0.15, 0.2) is 0 Å². The van der Waals surface area contributed by atoms with Crippen molar-refractivity contribution in [1.29, 1.82) is 0 Å². The molecule has 8 heteroatoms. The Kier molecular flexibility index (Phi) is 30.1. The number of hydrogen-bond donors (Lipinski definition) is 0. The Hall–Kier alpha value is -1.08. The van der Waals surface area contributed by atoms with E-state index in [-0.39, 0.29) is 0 Å². The molecule has 0 aromatic heterocycles. The van der Waals surface area contributed by atoms with E-state index in [0.29, 0.717) is 12.0 Å². The van der Waals surface area contributed by atoms with Crippen LogP contribution in [0.3, 0.4) is 0 Å². The molecule has 0 aromatic rings. The van der Waals surface area contributed by atoms with Crippen molar-refractivity contribution in [3.8, 4) is 0 Å². The van der Waals surface area contributed by atoms with Gasteiger partial charge in [0.2, 0.25) is 0 Å². The number of ether oxygens (including phenoxy) is 2. The van der Waals surface area contributed by atoms with Crippen LogP contribution in [0.5, 0.6) is 0 Å². The molecule has 0 aromatic carbocycles. The van der Waals surface area contributed by atoms with Crippen molar-refractivity contribution in [3.63, 3.8) is 0 Å². The summed E-state index contributed by atoms with van der Waals surface area (Å²) in [5.41, 5.74) is 2.85. The van der Waals surface area contributed by atoms with E-state index in [1.54, 1.807) is 7.11 Å². The standard InChI is InChI=1S/C10H14O2.5CO.W/c1-7-8-4-3-5-12-10(8)9(7)6-11-2;5*1-2;/h8,10H,3-5H2,1-2H3;;;;;;. The van der Waals surface area contributed by atoms with E-state index >= 15 is 0 Å². The van der Waals surface area contributed by atoms with Gasteiger partial charge in [0.1, 0.15) is 0 Å². The Balaban J connectivity index is -0.000000156. The third kappa shape index (κ3) is 9.61. The molecule has 23 heavy (non-hydrogen) atoms. The van der Waals surface area contributed by atoms with Gasteiger partial charge >= 0.3 is 146 Å². The van der Waals surface area contributed by atoms with Gasteiger partial charge in [0.25, 0.3) is 0 Å². The summed E-state index contributed by atoms with van der Waals surface area (Å²) in [7, 11) is 1.75. The predicted molar refractivity (Wildman–Crippen MR) is 66.8 cm³/mol. The van der Waals surface area contributed by atoms with E-state index < -0.39 is 0 Å². The van der Waals surface area contributed by atoms with Crippen LogP contribution in [0, 0.1) is 39.2 Å². The molecule has 0 saturated carbocycles. The van der Waals surface area contributed by atoms with Crippen LogP contribution in [-0.2, 0) is 52.1 Å². The summed E-state index contributed by atoms with van der Waals surface area (Å²) in [6.45, 7) is 25.6. The first-order chi connectivity index (χ1) is 11.3. The Morgan fingerprint density at radius 3 is 1.87 bits per heavy atom. The normalized spacial score (nSPS) is 18.8. The molecular formula is C15H14O7W. The Morgan fingerprint density at radius 1 is 1.04 bits per heavy atom. The van der Waals surface area contributed by atoms with Crippen LogP contribution in [0.15, 0.2) is 11.1 Å². The van der Waals surface area contributed by atoms with Crippen molar-refractivity contribution in [3.05, 3.63) is 44.4 Å². The Bertz CT molecular complexity index is 422. The first-order valence-electron chi connectivity index (χ1n) is 5.68. The van der Waals surface area contributed by atoms with Gasteiger partial charge in [-0.05, 0) is 0 Å². The van der Waals surface area contributed by atoms with Crippen LogP contribution in [0.4, 0.5) is 0 Å². The van der Waals surface area contributed by atoms with E-state index in [9.17, 15) is 0 Å². The Labute approximate surface area is 146 Å². The average molecular weight is 490 g/mol. The summed E-state index contributed by atoms with van der Waals surface area (Å²) in [5, 5.41) is 0. The second kappa shape index (κ2) is 23.2. The van der Waals surface area contributed by atoms with Crippen LogP contribution < -0.4 is 0 Å². The molecule has 1 aliphatic heterocycles. The molecule has 1 heterocycles. The quantitative estimate of drug-likeness (QED) is 0.428. The zero-order valence-corrected chi connectivity index (χ0v) is 15.5. The molecule has 0 spiro atoms. The summed E-state index contributed by atoms with van der Waals surface area (Å²) >= 11 is 1.40. The summed E-state index contributed by atoms with van der Waals surface area (Å²) in [5.74, 6) is 0.688. The fourth-order valence-corrected chi connectivity index (χ4v) is 3.22. The van der Waals surface area contributed by atoms with E-state index in [2.05, 4.69) is 40.2 Å². The molecule has 122 valence electrons. The molecule has 1 fully saturated rings. The second-order valence-electron chi connectivity index (χ2n) is 3.63. The van der Waals surface area contributed by atoms with Crippen molar-refractivity contribution < 1.29 is 52.1 Å². The second-order valence-corrected chi connectivity index (χ2v) is 4.96. The fourth-order valence-electron chi connectivity index (χ4n) is 2.22. The van der Waals surface area contributed by atoms with Crippen molar-refractivity contribution >= 4 is 4.08 Å². The van der Waals surface area contributed by atoms with Crippen LogP contribution in [0.25, 0.3) is 0 Å². The number of fused-ring (bicyclic) bond motifs is 1. The van der Waals surface area contributed by atoms with Crippen LogP contribution >= 0.6 is 0 Å². The van der Waals surface area contributed by atoms with Crippen LogP contribution in [0.2, 0.25) is 0 Å². The fraction of sp³-hybridized carbons (Fsp3) is 0.467. The molecule has 2 aliphatic rings. The van der Waals surface area contributed by atoms with E-state index in [1.807, 2.05) is 0 Å². The van der Waals surface area contributed by atoms with Crippen molar-refractivity contribution in [1.82, 2.24) is 0 Å². The molecule has 7 nitrogen and oxygen atoms in total. The van der Waals surface area contributed by atoms with E-state index in [1.165, 1.54) is 43.3 Å². The van der Waals surface area contributed by atoms with Gasteiger partial charge in [-0.15, -0.1) is 0 Å². The van der Waals surface area contributed by atoms with Crippen molar-refractivity contribution in [2.24, 2.45) is 5.92 Å². The predicted octanol–water partition coefficient (Wildman–Crippen LogP) is 1.25. The molecule has 2 atom stereocenters. The van der Waals surface area contributed by atoms with Crippen molar-refractivity contribution in [2.45, 2.75) is 25.9 Å². The number of methoxy groups -OCH3 is 1. The van der Waals surface area contributed by atoms with Gasteiger partial charge < -0.3 is 0 Å². The van der Waals surface area contributed by atoms with Crippen LogP contribution in [0.1, 0.15) is 19.8 Å². The molecule has 2 unspecified atom stereocenters. The Morgan fingerprint density at radius 2 is 1.48 bits per heavy atom. The monoisotopic (exact) mass is 490 g/mol. The number of rotatable bonds is 2. The van der Waals surface area contributed by atoms with Gasteiger partial charge in [-0.2, -0.15) is 0 Å². The summed E-state index contributed by atoms with van der Waals surface area (Å²) in [4.78, 5) is 0. The zero-order chi connectivity index (χ0) is 19.4. The molecule has 0 amide bonds. The molecular weight excluding hydrogens is 476 g/mol.